The topological polar surface area (TPSA) is 59.1 Å². The van der Waals surface area contributed by atoms with Gasteiger partial charge >= 0.3 is 6.09 Å². The molecule has 0 spiro atoms. The maximum atomic E-state index is 12.4. The summed E-state index contributed by atoms with van der Waals surface area (Å²) >= 11 is 6.20. The standard InChI is InChI=1S/C19H21ClN2O4/c1-2-25-19(24)22-11-9-21(10-12-22)18(23)13-26-17-8-7-16(20)14-5-3-4-6-15(14)17/h3-8H,2,9-13H2,1H3. The average Bonchev–Trinajstić information content (AvgIpc) is 2.68. The summed E-state index contributed by atoms with van der Waals surface area (Å²) < 4.78 is 10.7. The van der Waals surface area contributed by atoms with Gasteiger partial charge in [0.25, 0.3) is 5.91 Å². The normalized spacial score (nSPS) is 14.4. The second kappa shape index (κ2) is 8.27. The van der Waals surface area contributed by atoms with Crippen LogP contribution in [0.5, 0.6) is 5.75 Å². The average molecular weight is 377 g/mol. The monoisotopic (exact) mass is 376 g/mol. The summed E-state index contributed by atoms with van der Waals surface area (Å²) in [5.74, 6) is 0.524. The highest BCUT2D eigenvalue weighted by molar-refractivity contribution is 6.35. The number of carbonyl (C=O) groups is 2. The number of piperazine rings is 1. The van der Waals surface area contributed by atoms with Gasteiger partial charge in [0, 0.05) is 42.0 Å². The van der Waals surface area contributed by atoms with E-state index in [0.717, 1.165) is 10.8 Å². The third-order valence-corrected chi connectivity index (χ3v) is 4.67. The van der Waals surface area contributed by atoms with E-state index < -0.39 is 0 Å². The van der Waals surface area contributed by atoms with Gasteiger partial charge in [-0.25, -0.2) is 4.79 Å². The summed E-state index contributed by atoms with van der Waals surface area (Å²) in [6.07, 6.45) is -0.330. The van der Waals surface area contributed by atoms with Gasteiger partial charge in [0.15, 0.2) is 6.61 Å². The summed E-state index contributed by atoms with van der Waals surface area (Å²) in [6, 6.07) is 11.2. The first-order valence-electron chi connectivity index (χ1n) is 8.59. The lowest BCUT2D eigenvalue weighted by atomic mass is 10.1. The molecule has 6 nitrogen and oxygen atoms in total. The van der Waals surface area contributed by atoms with Crippen LogP contribution in [0.3, 0.4) is 0 Å². The first kappa shape index (κ1) is 18.3. The lowest BCUT2D eigenvalue weighted by Gasteiger charge is -2.34. The number of ether oxygens (including phenoxy) is 2. The third-order valence-electron chi connectivity index (χ3n) is 4.34. The molecule has 0 atom stereocenters. The number of rotatable bonds is 4. The SMILES string of the molecule is CCOC(=O)N1CCN(C(=O)COc2ccc(Cl)c3ccccc23)CC1. The largest absolute Gasteiger partial charge is 0.483 e. The number of halogens is 1. The number of carbonyl (C=O) groups excluding carboxylic acids is 2. The zero-order valence-electron chi connectivity index (χ0n) is 14.6. The van der Waals surface area contributed by atoms with Crippen molar-refractivity contribution >= 4 is 34.4 Å². The van der Waals surface area contributed by atoms with Crippen molar-refractivity contribution < 1.29 is 19.1 Å². The molecule has 0 saturated carbocycles. The van der Waals surface area contributed by atoms with E-state index in [1.54, 1.807) is 28.9 Å². The quantitative estimate of drug-likeness (QED) is 0.822. The maximum absolute atomic E-state index is 12.4. The first-order chi connectivity index (χ1) is 12.6. The van der Waals surface area contributed by atoms with E-state index >= 15 is 0 Å². The number of hydrogen-bond donors (Lipinski definition) is 0. The molecule has 1 fully saturated rings. The Morgan fingerprint density at radius 1 is 1.00 bits per heavy atom. The van der Waals surface area contributed by atoms with E-state index in [1.165, 1.54) is 0 Å². The van der Waals surface area contributed by atoms with Crippen LogP contribution in [-0.4, -0.2) is 61.2 Å². The second-order valence-electron chi connectivity index (χ2n) is 5.95. The molecule has 0 aliphatic carbocycles. The Bertz CT molecular complexity index is 803. The van der Waals surface area contributed by atoms with Crippen molar-refractivity contribution in [3.63, 3.8) is 0 Å². The van der Waals surface area contributed by atoms with Crippen molar-refractivity contribution in [3.8, 4) is 5.75 Å². The predicted octanol–water partition coefficient (Wildman–Crippen LogP) is 3.17. The molecule has 0 radical (unpaired) electrons. The fourth-order valence-corrected chi connectivity index (χ4v) is 3.17. The molecule has 0 N–H and O–H groups in total. The molecule has 26 heavy (non-hydrogen) atoms. The van der Waals surface area contributed by atoms with Crippen LogP contribution in [0.1, 0.15) is 6.92 Å². The molecular formula is C19H21ClN2O4. The highest BCUT2D eigenvalue weighted by Crippen LogP contribution is 2.31. The molecule has 2 amide bonds. The van der Waals surface area contributed by atoms with Crippen LogP contribution in [0.25, 0.3) is 10.8 Å². The number of amides is 2. The Hall–Kier alpha value is -2.47. The van der Waals surface area contributed by atoms with Crippen LogP contribution in [0.15, 0.2) is 36.4 Å². The molecule has 1 saturated heterocycles. The number of nitrogens with zero attached hydrogens (tertiary/aromatic N) is 2. The van der Waals surface area contributed by atoms with Crippen LogP contribution >= 0.6 is 11.6 Å². The van der Waals surface area contributed by atoms with Gasteiger partial charge in [-0.3, -0.25) is 4.79 Å². The summed E-state index contributed by atoms with van der Waals surface area (Å²) in [7, 11) is 0. The van der Waals surface area contributed by atoms with Crippen molar-refractivity contribution in [1.82, 2.24) is 9.80 Å². The smallest absolute Gasteiger partial charge is 0.409 e. The Labute approximate surface area is 157 Å². The minimum atomic E-state index is -0.330. The molecular weight excluding hydrogens is 356 g/mol. The Balaban J connectivity index is 1.57. The molecule has 0 bridgehead atoms. The third kappa shape index (κ3) is 4.02. The van der Waals surface area contributed by atoms with Crippen molar-refractivity contribution in [2.24, 2.45) is 0 Å². The van der Waals surface area contributed by atoms with Gasteiger partial charge in [0.2, 0.25) is 0 Å². The van der Waals surface area contributed by atoms with Gasteiger partial charge in [0.1, 0.15) is 5.75 Å². The molecule has 1 heterocycles. The van der Waals surface area contributed by atoms with E-state index in [1.807, 2.05) is 24.3 Å². The summed E-state index contributed by atoms with van der Waals surface area (Å²) in [5.41, 5.74) is 0. The van der Waals surface area contributed by atoms with Crippen LogP contribution in [0, 0.1) is 0 Å². The molecule has 2 aromatic carbocycles. The van der Waals surface area contributed by atoms with E-state index in [-0.39, 0.29) is 18.6 Å². The fraction of sp³-hybridized carbons (Fsp3) is 0.368. The van der Waals surface area contributed by atoms with Crippen LogP contribution in [0.2, 0.25) is 5.02 Å². The Kier molecular flexibility index (Phi) is 5.83. The molecule has 3 rings (SSSR count). The van der Waals surface area contributed by atoms with E-state index in [9.17, 15) is 9.59 Å². The molecule has 1 aliphatic heterocycles. The van der Waals surface area contributed by atoms with Gasteiger partial charge in [-0.15, -0.1) is 0 Å². The van der Waals surface area contributed by atoms with Gasteiger partial charge in [0.05, 0.1) is 6.61 Å². The summed E-state index contributed by atoms with van der Waals surface area (Å²) in [6.45, 7) is 3.95. The van der Waals surface area contributed by atoms with Gasteiger partial charge in [-0.2, -0.15) is 0 Å². The molecule has 1 aliphatic rings. The molecule has 2 aromatic rings. The number of fused-ring (bicyclic) bond motifs is 1. The lowest BCUT2D eigenvalue weighted by Crippen LogP contribution is -2.51. The van der Waals surface area contributed by atoms with Crippen molar-refractivity contribution in [3.05, 3.63) is 41.4 Å². The highest BCUT2D eigenvalue weighted by Gasteiger charge is 2.25. The first-order valence-corrected chi connectivity index (χ1v) is 8.97. The highest BCUT2D eigenvalue weighted by atomic mass is 35.5. The van der Waals surface area contributed by atoms with Crippen molar-refractivity contribution in [2.75, 3.05) is 39.4 Å². The van der Waals surface area contributed by atoms with Crippen LogP contribution in [-0.2, 0) is 9.53 Å². The van der Waals surface area contributed by atoms with Crippen molar-refractivity contribution in [1.29, 1.82) is 0 Å². The van der Waals surface area contributed by atoms with Crippen molar-refractivity contribution in [2.45, 2.75) is 6.92 Å². The summed E-state index contributed by atoms with van der Waals surface area (Å²) in [5, 5.41) is 2.41. The van der Waals surface area contributed by atoms with Crippen LogP contribution in [0.4, 0.5) is 4.79 Å². The second-order valence-corrected chi connectivity index (χ2v) is 6.35. The Morgan fingerprint density at radius 2 is 1.65 bits per heavy atom. The Morgan fingerprint density at radius 3 is 2.35 bits per heavy atom. The number of hydrogen-bond acceptors (Lipinski definition) is 4. The predicted molar refractivity (Wildman–Crippen MR) is 99.6 cm³/mol. The molecule has 0 aromatic heterocycles. The summed E-state index contributed by atoms with van der Waals surface area (Å²) in [4.78, 5) is 27.4. The molecule has 7 heteroatoms. The van der Waals surface area contributed by atoms with Gasteiger partial charge in [-0.1, -0.05) is 35.9 Å². The zero-order valence-corrected chi connectivity index (χ0v) is 15.4. The molecule has 0 unspecified atom stereocenters. The maximum Gasteiger partial charge on any atom is 0.409 e. The van der Waals surface area contributed by atoms with Gasteiger partial charge < -0.3 is 19.3 Å². The minimum absolute atomic E-state index is 0.0506. The zero-order chi connectivity index (χ0) is 18.5. The van der Waals surface area contributed by atoms with Crippen LogP contribution < -0.4 is 4.74 Å². The number of benzene rings is 2. The molecule has 138 valence electrons. The van der Waals surface area contributed by atoms with E-state index in [0.29, 0.717) is 43.6 Å². The van der Waals surface area contributed by atoms with E-state index in [2.05, 4.69) is 0 Å². The lowest BCUT2D eigenvalue weighted by molar-refractivity contribution is -0.134. The van der Waals surface area contributed by atoms with E-state index in [4.69, 9.17) is 21.1 Å². The minimum Gasteiger partial charge on any atom is -0.483 e. The van der Waals surface area contributed by atoms with Gasteiger partial charge in [-0.05, 0) is 19.1 Å². The fourth-order valence-electron chi connectivity index (χ4n) is 2.94.